The highest BCUT2D eigenvalue weighted by Gasteiger charge is 2.39. The van der Waals surface area contributed by atoms with E-state index in [0.29, 0.717) is 12.5 Å². The molecule has 0 bridgehead atoms. The number of ether oxygens (including phenoxy) is 1. The van der Waals surface area contributed by atoms with E-state index in [0.717, 1.165) is 34.6 Å². The van der Waals surface area contributed by atoms with Crippen molar-refractivity contribution >= 4 is 12.2 Å². The SMILES string of the molecule is CCOC1(c2nc(=S)c(C(C)C)c(C)[nH]2)CCCC1. The van der Waals surface area contributed by atoms with E-state index < -0.39 is 0 Å². The second kappa shape index (κ2) is 5.71. The van der Waals surface area contributed by atoms with Crippen molar-refractivity contribution in [2.24, 2.45) is 0 Å². The van der Waals surface area contributed by atoms with E-state index in [1.54, 1.807) is 0 Å². The average molecular weight is 280 g/mol. The van der Waals surface area contributed by atoms with Gasteiger partial charge in [0.15, 0.2) is 0 Å². The standard InChI is InChI=1S/C15H24N2OS/c1-5-18-15(8-6-7-9-15)14-16-11(4)12(10(2)3)13(19)17-14/h10H,5-9H2,1-4H3,(H,16,17,19). The van der Waals surface area contributed by atoms with Gasteiger partial charge in [-0.3, -0.25) is 0 Å². The van der Waals surface area contributed by atoms with Crippen LogP contribution in [0.1, 0.15) is 69.5 Å². The van der Waals surface area contributed by atoms with E-state index >= 15 is 0 Å². The molecule has 106 valence electrons. The number of aromatic amines is 1. The summed E-state index contributed by atoms with van der Waals surface area (Å²) in [4.78, 5) is 8.13. The van der Waals surface area contributed by atoms with Gasteiger partial charge in [0.1, 0.15) is 16.1 Å². The summed E-state index contributed by atoms with van der Waals surface area (Å²) in [6.45, 7) is 9.16. The van der Waals surface area contributed by atoms with Crippen molar-refractivity contribution in [3.8, 4) is 0 Å². The zero-order valence-electron chi connectivity index (χ0n) is 12.4. The van der Waals surface area contributed by atoms with Crippen molar-refractivity contribution in [3.63, 3.8) is 0 Å². The van der Waals surface area contributed by atoms with Gasteiger partial charge in [-0.25, -0.2) is 4.98 Å². The zero-order chi connectivity index (χ0) is 14.0. The molecule has 1 N–H and O–H groups in total. The van der Waals surface area contributed by atoms with Gasteiger partial charge in [-0.05, 0) is 45.4 Å². The number of nitrogens with one attached hydrogen (secondary N) is 1. The van der Waals surface area contributed by atoms with E-state index in [9.17, 15) is 0 Å². The summed E-state index contributed by atoms with van der Waals surface area (Å²) >= 11 is 5.49. The summed E-state index contributed by atoms with van der Waals surface area (Å²) in [5.74, 6) is 1.33. The van der Waals surface area contributed by atoms with Crippen LogP contribution in [0.2, 0.25) is 0 Å². The maximum Gasteiger partial charge on any atom is 0.140 e. The van der Waals surface area contributed by atoms with Crippen LogP contribution in [0.15, 0.2) is 0 Å². The molecule has 3 nitrogen and oxygen atoms in total. The lowest BCUT2D eigenvalue weighted by molar-refractivity contribution is -0.0459. The fraction of sp³-hybridized carbons (Fsp3) is 0.733. The number of H-pyrrole nitrogens is 1. The summed E-state index contributed by atoms with van der Waals surface area (Å²) in [7, 11) is 0. The zero-order valence-corrected chi connectivity index (χ0v) is 13.2. The lowest BCUT2D eigenvalue weighted by atomic mass is 9.99. The van der Waals surface area contributed by atoms with Gasteiger partial charge in [0.2, 0.25) is 0 Å². The van der Waals surface area contributed by atoms with Crippen LogP contribution in [0.4, 0.5) is 0 Å². The van der Waals surface area contributed by atoms with Crippen molar-refractivity contribution in [1.29, 1.82) is 0 Å². The van der Waals surface area contributed by atoms with E-state index in [1.807, 2.05) is 6.92 Å². The largest absolute Gasteiger partial charge is 0.367 e. The molecule has 19 heavy (non-hydrogen) atoms. The summed E-state index contributed by atoms with van der Waals surface area (Å²) in [5, 5.41) is 0. The van der Waals surface area contributed by atoms with Crippen LogP contribution in [0.3, 0.4) is 0 Å². The fourth-order valence-corrected chi connectivity index (χ4v) is 3.64. The van der Waals surface area contributed by atoms with Gasteiger partial charge in [0.05, 0.1) is 0 Å². The monoisotopic (exact) mass is 280 g/mol. The quantitative estimate of drug-likeness (QED) is 0.832. The first kappa shape index (κ1) is 14.7. The molecule has 0 unspecified atom stereocenters. The van der Waals surface area contributed by atoms with E-state index in [1.165, 1.54) is 12.8 Å². The number of rotatable bonds is 4. The topological polar surface area (TPSA) is 37.9 Å². The van der Waals surface area contributed by atoms with Crippen molar-refractivity contribution in [3.05, 3.63) is 21.7 Å². The van der Waals surface area contributed by atoms with Gasteiger partial charge in [0.25, 0.3) is 0 Å². The maximum atomic E-state index is 6.05. The predicted molar refractivity (Wildman–Crippen MR) is 80.0 cm³/mol. The minimum atomic E-state index is -0.234. The summed E-state index contributed by atoms with van der Waals surface area (Å²) in [5.41, 5.74) is 2.06. The van der Waals surface area contributed by atoms with Crippen LogP contribution in [0.25, 0.3) is 0 Å². The fourth-order valence-electron chi connectivity index (χ4n) is 3.16. The number of aromatic nitrogens is 2. The Morgan fingerprint density at radius 3 is 2.47 bits per heavy atom. The Labute approximate surface area is 120 Å². The third-order valence-corrected chi connectivity index (χ3v) is 4.31. The van der Waals surface area contributed by atoms with Crippen molar-refractivity contribution in [2.45, 2.75) is 64.9 Å². The molecule has 2 rings (SSSR count). The van der Waals surface area contributed by atoms with E-state index in [2.05, 4.69) is 30.7 Å². The molecule has 0 radical (unpaired) electrons. The van der Waals surface area contributed by atoms with Gasteiger partial charge < -0.3 is 9.72 Å². The Morgan fingerprint density at radius 1 is 1.37 bits per heavy atom. The van der Waals surface area contributed by atoms with E-state index in [4.69, 9.17) is 17.0 Å². The highest BCUT2D eigenvalue weighted by atomic mass is 32.1. The first-order chi connectivity index (χ1) is 9.00. The van der Waals surface area contributed by atoms with Crippen molar-refractivity contribution < 1.29 is 4.74 Å². The predicted octanol–water partition coefficient (Wildman–Crippen LogP) is 4.38. The van der Waals surface area contributed by atoms with Crippen LogP contribution in [0.5, 0.6) is 0 Å². The molecule has 0 spiro atoms. The highest BCUT2D eigenvalue weighted by Crippen LogP contribution is 2.40. The second-order valence-corrected chi connectivity index (χ2v) is 6.11. The Kier molecular flexibility index (Phi) is 4.41. The Hall–Kier alpha value is -0.740. The maximum absolute atomic E-state index is 6.05. The Bertz CT molecular complexity index is 501. The molecule has 0 aliphatic heterocycles. The molecule has 0 atom stereocenters. The normalized spacial score (nSPS) is 18.2. The minimum Gasteiger partial charge on any atom is -0.367 e. The lowest BCUT2D eigenvalue weighted by Crippen LogP contribution is -2.29. The molecule has 1 aromatic rings. The Balaban J connectivity index is 2.48. The third-order valence-electron chi connectivity index (χ3n) is 3.99. The molecule has 0 amide bonds. The number of aryl methyl sites for hydroxylation is 1. The first-order valence-corrected chi connectivity index (χ1v) is 7.66. The lowest BCUT2D eigenvalue weighted by Gasteiger charge is -2.28. The van der Waals surface area contributed by atoms with Gasteiger partial charge in [0, 0.05) is 17.9 Å². The molecule has 1 saturated carbocycles. The molecule has 1 heterocycles. The van der Waals surface area contributed by atoms with Gasteiger partial charge in [-0.15, -0.1) is 0 Å². The number of hydrogen-bond donors (Lipinski definition) is 1. The number of hydrogen-bond acceptors (Lipinski definition) is 3. The first-order valence-electron chi connectivity index (χ1n) is 7.25. The Morgan fingerprint density at radius 2 is 2.00 bits per heavy atom. The average Bonchev–Trinajstić information content (AvgIpc) is 2.77. The van der Waals surface area contributed by atoms with Crippen LogP contribution >= 0.6 is 12.2 Å². The molecule has 4 heteroatoms. The number of nitrogens with zero attached hydrogens (tertiary/aromatic N) is 1. The van der Waals surface area contributed by atoms with Crippen LogP contribution in [0, 0.1) is 11.6 Å². The van der Waals surface area contributed by atoms with Gasteiger partial charge >= 0.3 is 0 Å². The van der Waals surface area contributed by atoms with Crippen LogP contribution in [-0.2, 0) is 10.3 Å². The summed E-state index contributed by atoms with van der Waals surface area (Å²) in [6, 6.07) is 0. The third kappa shape index (κ3) is 2.75. The van der Waals surface area contributed by atoms with Gasteiger partial charge in [-0.2, -0.15) is 0 Å². The molecule has 1 aliphatic rings. The molecular formula is C15H24N2OS. The smallest absolute Gasteiger partial charge is 0.140 e. The highest BCUT2D eigenvalue weighted by molar-refractivity contribution is 7.71. The molecule has 1 aliphatic carbocycles. The molecule has 1 fully saturated rings. The molecule has 0 aromatic carbocycles. The van der Waals surface area contributed by atoms with E-state index in [-0.39, 0.29) is 5.60 Å². The summed E-state index contributed by atoms with van der Waals surface area (Å²) in [6.07, 6.45) is 4.49. The second-order valence-electron chi connectivity index (χ2n) is 5.72. The van der Waals surface area contributed by atoms with Crippen molar-refractivity contribution in [1.82, 2.24) is 9.97 Å². The molecular weight excluding hydrogens is 256 g/mol. The van der Waals surface area contributed by atoms with Gasteiger partial charge in [-0.1, -0.05) is 26.1 Å². The molecule has 1 aromatic heterocycles. The van der Waals surface area contributed by atoms with Crippen LogP contribution in [-0.4, -0.2) is 16.6 Å². The summed E-state index contributed by atoms with van der Waals surface area (Å²) < 4.78 is 6.78. The van der Waals surface area contributed by atoms with Crippen molar-refractivity contribution in [2.75, 3.05) is 6.61 Å². The minimum absolute atomic E-state index is 0.234. The molecule has 0 saturated heterocycles. The van der Waals surface area contributed by atoms with Crippen LogP contribution < -0.4 is 0 Å².